The summed E-state index contributed by atoms with van der Waals surface area (Å²) in [6.45, 7) is 13.1. The Balaban J connectivity index is 1.62. The highest BCUT2D eigenvalue weighted by Crippen LogP contribution is 2.32. The molecule has 0 bridgehead atoms. The molecule has 0 radical (unpaired) electrons. The number of hydrogen-bond acceptors (Lipinski definition) is 3. The topological polar surface area (TPSA) is 40.1 Å². The lowest BCUT2D eigenvalue weighted by Gasteiger charge is -2.37. The molecule has 0 spiro atoms. The summed E-state index contributed by atoms with van der Waals surface area (Å²) < 4.78 is 5.54. The number of benzene rings is 1. The maximum absolute atomic E-state index is 5.54. The molecular formula is C22H36N4O. The molecule has 0 aliphatic carbocycles. The van der Waals surface area contributed by atoms with Crippen molar-refractivity contribution in [1.29, 1.82) is 0 Å². The van der Waals surface area contributed by atoms with Gasteiger partial charge in [0.15, 0.2) is 5.96 Å². The Morgan fingerprint density at radius 3 is 2.63 bits per heavy atom. The molecule has 2 saturated heterocycles. The number of aliphatic imine (C=N–C) groups is 1. The number of hydrogen-bond donors (Lipinski definition) is 1. The van der Waals surface area contributed by atoms with Crippen LogP contribution in [0.3, 0.4) is 0 Å². The van der Waals surface area contributed by atoms with Crippen LogP contribution in [0.25, 0.3) is 0 Å². The van der Waals surface area contributed by atoms with Crippen molar-refractivity contribution in [2.45, 2.75) is 33.6 Å². The first-order valence-corrected chi connectivity index (χ1v) is 10.5. The zero-order valence-electron chi connectivity index (χ0n) is 17.4. The normalized spacial score (nSPS) is 26.4. The molecule has 5 nitrogen and oxygen atoms in total. The van der Waals surface area contributed by atoms with E-state index in [2.05, 4.69) is 48.0 Å². The summed E-state index contributed by atoms with van der Waals surface area (Å²) in [6.07, 6.45) is 2.51. The molecule has 2 aliphatic heterocycles. The quantitative estimate of drug-likeness (QED) is 0.635. The number of para-hydroxylation sites is 2. The first-order chi connectivity index (χ1) is 13.1. The number of nitrogens with one attached hydrogen (secondary N) is 1. The Hall–Kier alpha value is -1.91. The highest BCUT2D eigenvalue weighted by molar-refractivity contribution is 5.80. The molecule has 1 N–H and O–H groups in total. The summed E-state index contributed by atoms with van der Waals surface area (Å²) in [7, 11) is 1.75. The van der Waals surface area contributed by atoms with E-state index < -0.39 is 0 Å². The molecule has 3 unspecified atom stereocenters. The van der Waals surface area contributed by atoms with Crippen LogP contribution >= 0.6 is 0 Å². The molecule has 0 saturated carbocycles. The number of guanidine groups is 1. The number of anilines is 1. The molecule has 3 rings (SSSR count). The molecule has 1 aromatic rings. The third-order valence-electron chi connectivity index (χ3n) is 5.71. The zero-order valence-corrected chi connectivity index (χ0v) is 17.4. The number of likely N-dealkylation sites (tertiary alicyclic amines) is 1. The number of rotatable bonds is 5. The Kier molecular flexibility index (Phi) is 6.86. The molecule has 2 fully saturated rings. The Morgan fingerprint density at radius 2 is 1.93 bits per heavy atom. The van der Waals surface area contributed by atoms with Crippen molar-refractivity contribution < 1.29 is 4.74 Å². The summed E-state index contributed by atoms with van der Waals surface area (Å²) in [5.74, 6) is 4.15. The molecule has 27 heavy (non-hydrogen) atoms. The minimum Gasteiger partial charge on any atom is -0.495 e. The minimum absolute atomic E-state index is 0.600. The van der Waals surface area contributed by atoms with Gasteiger partial charge in [-0.3, -0.25) is 4.99 Å². The highest BCUT2D eigenvalue weighted by Gasteiger charge is 2.26. The van der Waals surface area contributed by atoms with Crippen molar-refractivity contribution in [1.82, 2.24) is 10.2 Å². The van der Waals surface area contributed by atoms with E-state index in [0.29, 0.717) is 5.92 Å². The zero-order chi connectivity index (χ0) is 19.2. The number of nitrogens with zero attached hydrogens (tertiary/aromatic N) is 3. The molecule has 1 aromatic carbocycles. The van der Waals surface area contributed by atoms with Crippen molar-refractivity contribution in [2.75, 3.05) is 51.3 Å². The molecule has 3 atom stereocenters. The largest absolute Gasteiger partial charge is 0.495 e. The molecule has 5 heteroatoms. The molecular weight excluding hydrogens is 336 g/mol. The summed E-state index contributed by atoms with van der Waals surface area (Å²) in [5, 5.41) is 3.52. The second-order valence-electron chi connectivity index (χ2n) is 8.32. The van der Waals surface area contributed by atoms with E-state index in [1.807, 2.05) is 12.1 Å². The smallest absolute Gasteiger partial charge is 0.193 e. The average Bonchev–Trinajstić information content (AvgIpc) is 3.13. The predicted octanol–water partition coefficient (Wildman–Crippen LogP) is 3.46. The van der Waals surface area contributed by atoms with Crippen LogP contribution in [-0.4, -0.2) is 57.2 Å². The number of piperidine rings is 1. The fourth-order valence-corrected chi connectivity index (χ4v) is 4.57. The summed E-state index contributed by atoms with van der Waals surface area (Å²) in [6, 6.07) is 8.32. The van der Waals surface area contributed by atoms with Gasteiger partial charge in [0, 0.05) is 39.3 Å². The fourth-order valence-electron chi connectivity index (χ4n) is 4.57. The summed E-state index contributed by atoms with van der Waals surface area (Å²) in [4.78, 5) is 9.94. The van der Waals surface area contributed by atoms with Crippen LogP contribution in [0.2, 0.25) is 0 Å². The van der Waals surface area contributed by atoms with Crippen LogP contribution < -0.4 is 15.0 Å². The van der Waals surface area contributed by atoms with Gasteiger partial charge in [-0.1, -0.05) is 26.0 Å². The van der Waals surface area contributed by atoms with Gasteiger partial charge in [0.1, 0.15) is 5.75 Å². The summed E-state index contributed by atoms with van der Waals surface area (Å²) >= 11 is 0. The molecule has 0 aromatic heterocycles. The van der Waals surface area contributed by atoms with Crippen LogP contribution in [0.4, 0.5) is 5.69 Å². The van der Waals surface area contributed by atoms with Gasteiger partial charge in [0.05, 0.1) is 12.8 Å². The van der Waals surface area contributed by atoms with Gasteiger partial charge in [-0.15, -0.1) is 0 Å². The van der Waals surface area contributed by atoms with E-state index in [-0.39, 0.29) is 0 Å². The van der Waals surface area contributed by atoms with Gasteiger partial charge >= 0.3 is 0 Å². The standard InChI is InChI=1S/C22H36N4O/c1-5-23-22(26-14-17(2)12-18(3)15-26)24-13-19-10-11-25(16-19)20-8-6-7-9-21(20)27-4/h6-9,17-19H,5,10-16H2,1-4H3,(H,23,24). The van der Waals surface area contributed by atoms with Crippen molar-refractivity contribution in [2.24, 2.45) is 22.7 Å². The lowest BCUT2D eigenvalue weighted by molar-refractivity contribution is 0.208. The van der Waals surface area contributed by atoms with Crippen molar-refractivity contribution >= 4 is 11.6 Å². The minimum atomic E-state index is 0.600. The Bertz CT molecular complexity index is 622. The second kappa shape index (κ2) is 9.34. The molecule has 2 aliphatic rings. The SMILES string of the molecule is CCNC(=NCC1CCN(c2ccccc2OC)C1)N1CC(C)CC(C)C1. The number of methoxy groups -OCH3 is 1. The number of ether oxygens (including phenoxy) is 1. The van der Waals surface area contributed by atoms with E-state index in [0.717, 1.165) is 62.8 Å². The third-order valence-corrected chi connectivity index (χ3v) is 5.71. The van der Waals surface area contributed by atoms with E-state index >= 15 is 0 Å². The summed E-state index contributed by atoms with van der Waals surface area (Å²) in [5.41, 5.74) is 1.21. The average molecular weight is 373 g/mol. The van der Waals surface area contributed by atoms with Crippen molar-refractivity contribution in [3.63, 3.8) is 0 Å². The van der Waals surface area contributed by atoms with Gasteiger partial charge in [-0.05, 0) is 49.7 Å². The second-order valence-corrected chi connectivity index (χ2v) is 8.32. The van der Waals surface area contributed by atoms with Crippen LogP contribution in [0.1, 0.15) is 33.6 Å². The lowest BCUT2D eigenvalue weighted by Crippen LogP contribution is -2.48. The van der Waals surface area contributed by atoms with Gasteiger partial charge in [0.25, 0.3) is 0 Å². The maximum atomic E-state index is 5.54. The van der Waals surface area contributed by atoms with Gasteiger partial charge in [0.2, 0.25) is 0 Å². The Labute approximate surface area is 164 Å². The maximum Gasteiger partial charge on any atom is 0.193 e. The van der Waals surface area contributed by atoms with E-state index in [9.17, 15) is 0 Å². The first-order valence-electron chi connectivity index (χ1n) is 10.5. The van der Waals surface area contributed by atoms with Crippen LogP contribution in [-0.2, 0) is 0 Å². The highest BCUT2D eigenvalue weighted by atomic mass is 16.5. The van der Waals surface area contributed by atoms with Gasteiger partial charge < -0.3 is 19.9 Å². The van der Waals surface area contributed by atoms with E-state index in [1.165, 1.54) is 18.5 Å². The van der Waals surface area contributed by atoms with Crippen molar-refractivity contribution in [3.05, 3.63) is 24.3 Å². The first kappa shape index (κ1) is 19.8. The van der Waals surface area contributed by atoms with E-state index in [4.69, 9.17) is 9.73 Å². The molecule has 150 valence electrons. The fraction of sp³-hybridized carbons (Fsp3) is 0.682. The monoisotopic (exact) mass is 372 g/mol. The van der Waals surface area contributed by atoms with Crippen LogP contribution in [0, 0.1) is 17.8 Å². The van der Waals surface area contributed by atoms with E-state index in [1.54, 1.807) is 7.11 Å². The Morgan fingerprint density at radius 1 is 1.19 bits per heavy atom. The van der Waals surface area contributed by atoms with Gasteiger partial charge in [-0.25, -0.2) is 0 Å². The van der Waals surface area contributed by atoms with Crippen LogP contribution in [0.15, 0.2) is 29.3 Å². The molecule has 2 heterocycles. The van der Waals surface area contributed by atoms with Gasteiger partial charge in [-0.2, -0.15) is 0 Å². The van der Waals surface area contributed by atoms with Crippen molar-refractivity contribution in [3.8, 4) is 5.75 Å². The molecule has 0 amide bonds. The third kappa shape index (κ3) is 5.08. The lowest BCUT2D eigenvalue weighted by atomic mass is 9.92. The van der Waals surface area contributed by atoms with Crippen LogP contribution in [0.5, 0.6) is 5.75 Å². The predicted molar refractivity (Wildman–Crippen MR) is 114 cm³/mol.